The zero-order valence-electron chi connectivity index (χ0n) is 25.2. The molecule has 4 N–H and O–H groups in total. The molecule has 44 heavy (non-hydrogen) atoms. The number of aliphatic hydroxyl groups is 1. The number of hydrogen-bond acceptors (Lipinski definition) is 9. The summed E-state index contributed by atoms with van der Waals surface area (Å²) >= 11 is 0. The van der Waals surface area contributed by atoms with E-state index in [1.807, 2.05) is 48.5 Å². The number of likely N-dealkylation sites (tertiary alicyclic amines) is 1. The van der Waals surface area contributed by atoms with E-state index in [-0.39, 0.29) is 37.0 Å². The number of unbranched alkanes of at least 4 members (excludes halogenated alkanes) is 3. The highest BCUT2D eigenvalue weighted by Gasteiger charge is 2.41. The summed E-state index contributed by atoms with van der Waals surface area (Å²) in [6.45, 7) is 3.88. The predicted molar refractivity (Wildman–Crippen MR) is 161 cm³/mol. The Bertz CT molecular complexity index is 1190. The van der Waals surface area contributed by atoms with Gasteiger partial charge in [0.15, 0.2) is 12.1 Å². The largest absolute Gasteiger partial charge is 0.392 e. The maximum atomic E-state index is 12.5. The van der Waals surface area contributed by atoms with Crippen molar-refractivity contribution in [3.05, 3.63) is 65.2 Å². The molecule has 11 heteroatoms. The number of rotatable bonds is 13. The molecule has 2 aromatic rings. The first-order chi connectivity index (χ1) is 21.4. The summed E-state index contributed by atoms with van der Waals surface area (Å²) in [5.74, 6) is -0.855. The number of piperidine rings is 1. The fourth-order valence-electron chi connectivity index (χ4n) is 6.11. The van der Waals surface area contributed by atoms with Crippen LogP contribution in [0.3, 0.4) is 0 Å². The van der Waals surface area contributed by atoms with Gasteiger partial charge in [-0.2, -0.15) is 0 Å². The molecule has 2 aromatic carbocycles. The molecule has 0 aromatic heterocycles. The Labute approximate surface area is 258 Å². The Hall–Kier alpha value is -2.90. The average molecular weight is 612 g/mol. The summed E-state index contributed by atoms with van der Waals surface area (Å²) < 4.78 is 24.8. The second kappa shape index (κ2) is 15.9. The maximum absolute atomic E-state index is 12.5. The highest BCUT2D eigenvalue weighted by molar-refractivity contribution is 5.90. The SMILES string of the molecule is O=C(CCCCCCC(=O)Nc1ccc([C@@H]2O[C@H](CN3CCC4(CC3)OCCO4)C[C@H](c3ccc(CO)cc3)O2)cc1)NO. The molecule has 11 nitrogen and oxygen atoms in total. The lowest BCUT2D eigenvalue weighted by atomic mass is 9.98. The first-order valence-corrected chi connectivity index (χ1v) is 15.8. The first kappa shape index (κ1) is 32.5. The number of nitrogens with one attached hydrogen (secondary N) is 2. The standard InChI is InChI=1S/C33H45N3O8/c37-23-24-7-9-25(10-8-24)29-21-28(22-36-17-15-33(16-18-36)41-19-20-42-33)43-32(44-29)26-11-13-27(14-12-26)34-30(38)5-3-1-2-4-6-31(39)35-40/h7-14,28-29,32,37,40H,1-6,15-23H2,(H,34,38)(H,35,39)/t28-,29+,32+/m0/s1. The van der Waals surface area contributed by atoms with Crippen LogP contribution in [0.25, 0.3) is 0 Å². The maximum Gasteiger partial charge on any atom is 0.243 e. The number of carbonyl (C=O) groups excluding carboxylic acids is 2. The number of anilines is 1. The van der Waals surface area contributed by atoms with E-state index >= 15 is 0 Å². The molecule has 0 bridgehead atoms. The Kier molecular flexibility index (Phi) is 11.7. The van der Waals surface area contributed by atoms with Gasteiger partial charge < -0.3 is 34.3 Å². The summed E-state index contributed by atoms with van der Waals surface area (Å²) in [5, 5.41) is 21.0. The van der Waals surface area contributed by atoms with Crippen LogP contribution >= 0.6 is 0 Å². The molecule has 3 aliphatic rings. The van der Waals surface area contributed by atoms with Gasteiger partial charge in [-0.05, 0) is 36.1 Å². The van der Waals surface area contributed by atoms with E-state index in [2.05, 4.69) is 10.2 Å². The average Bonchev–Trinajstić information content (AvgIpc) is 3.51. The normalized spacial score (nSPS) is 23.5. The van der Waals surface area contributed by atoms with Crippen LogP contribution < -0.4 is 10.8 Å². The molecule has 2 amide bonds. The second-order valence-corrected chi connectivity index (χ2v) is 11.9. The second-order valence-electron chi connectivity index (χ2n) is 11.9. The number of amides is 2. The van der Waals surface area contributed by atoms with Crippen molar-refractivity contribution in [3.8, 4) is 0 Å². The minimum atomic E-state index is -0.563. The quantitative estimate of drug-likeness (QED) is 0.148. The van der Waals surface area contributed by atoms with E-state index in [0.717, 1.165) is 68.4 Å². The number of hydroxylamine groups is 1. The van der Waals surface area contributed by atoms with E-state index in [0.29, 0.717) is 38.2 Å². The van der Waals surface area contributed by atoms with E-state index in [1.165, 1.54) is 0 Å². The van der Waals surface area contributed by atoms with Gasteiger partial charge in [-0.3, -0.25) is 14.8 Å². The summed E-state index contributed by atoms with van der Waals surface area (Å²) in [4.78, 5) is 25.9. The van der Waals surface area contributed by atoms with Crippen LogP contribution in [0.2, 0.25) is 0 Å². The zero-order chi connectivity index (χ0) is 30.8. The van der Waals surface area contributed by atoms with Crippen LogP contribution in [0.4, 0.5) is 5.69 Å². The van der Waals surface area contributed by atoms with Crippen molar-refractivity contribution < 1.29 is 38.9 Å². The number of carbonyl (C=O) groups is 2. The smallest absolute Gasteiger partial charge is 0.243 e. The van der Waals surface area contributed by atoms with Crippen molar-refractivity contribution in [1.29, 1.82) is 0 Å². The van der Waals surface area contributed by atoms with Gasteiger partial charge in [-0.25, -0.2) is 5.48 Å². The molecule has 3 atom stereocenters. The van der Waals surface area contributed by atoms with Crippen molar-refractivity contribution >= 4 is 17.5 Å². The zero-order valence-corrected chi connectivity index (χ0v) is 25.2. The fourth-order valence-corrected chi connectivity index (χ4v) is 6.11. The molecule has 3 aliphatic heterocycles. The minimum absolute atomic E-state index is 0.00155. The van der Waals surface area contributed by atoms with Crippen molar-refractivity contribution in [2.45, 2.75) is 88.7 Å². The summed E-state index contributed by atoms with van der Waals surface area (Å²) in [6, 6.07) is 15.5. The minimum Gasteiger partial charge on any atom is -0.392 e. The van der Waals surface area contributed by atoms with E-state index in [1.54, 1.807) is 5.48 Å². The van der Waals surface area contributed by atoms with Gasteiger partial charge in [-0.15, -0.1) is 0 Å². The third kappa shape index (κ3) is 9.07. The molecule has 0 saturated carbocycles. The summed E-state index contributed by atoms with van der Waals surface area (Å²) in [6.07, 6.45) is 5.39. The van der Waals surface area contributed by atoms with Crippen LogP contribution in [0.5, 0.6) is 0 Å². The first-order valence-electron chi connectivity index (χ1n) is 15.8. The predicted octanol–water partition coefficient (Wildman–Crippen LogP) is 4.35. The van der Waals surface area contributed by atoms with Crippen LogP contribution in [0, 0.1) is 0 Å². The van der Waals surface area contributed by atoms with E-state index < -0.39 is 12.1 Å². The Morgan fingerprint density at radius 1 is 0.841 bits per heavy atom. The molecule has 3 saturated heterocycles. The molecule has 1 spiro atoms. The Morgan fingerprint density at radius 2 is 1.48 bits per heavy atom. The van der Waals surface area contributed by atoms with E-state index in [9.17, 15) is 14.7 Å². The number of ether oxygens (including phenoxy) is 4. The van der Waals surface area contributed by atoms with Crippen molar-refractivity contribution in [2.75, 3.05) is 38.2 Å². The molecule has 5 rings (SSSR count). The lowest BCUT2D eigenvalue weighted by Crippen LogP contribution is -2.48. The highest BCUT2D eigenvalue weighted by atomic mass is 16.7. The van der Waals surface area contributed by atoms with Crippen molar-refractivity contribution in [3.63, 3.8) is 0 Å². The molecular weight excluding hydrogens is 566 g/mol. The monoisotopic (exact) mass is 611 g/mol. The molecule has 3 heterocycles. The molecule has 0 aliphatic carbocycles. The van der Waals surface area contributed by atoms with Crippen LogP contribution in [-0.4, -0.2) is 71.8 Å². The Balaban J connectivity index is 1.16. The third-order valence-electron chi connectivity index (χ3n) is 8.66. The third-order valence-corrected chi connectivity index (χ3v) is 8.66. The lowest BCUT2D eigenvalue weighted by Gasteiger charge is -2.41. The number of hydrogen-bond donors (Lipinski definition) is 4. The molecule has 0 radical (unpaired) electrons. The molecule has 240 valence electrons. The number of aliphatic hydroxyl groups excluding tert-OH is 1. The number of benzene rings is 2. The van der Waals surface area contributed by atoms with Crippen molar-refractivity contribution in [1.82, 2.24) is 10.4 Å². The van der Waals surface area contributed by atoms with Crippen LogP contribution in [0.1, 0.15) is 86.9 Å². The van der Waals surface area contributed by atoms with Gasteiger partial charge in [-0.1, -0.05) is 49.2 Å². The van der Waals surface area contributed by atoms with Crippen LogP contribution in [-0.2, 0) is 35.1 Å². The van der Waals surface area contributed by atoms with Gasteiger partial charge in [0.05, 0.1) is 32.0 Å². The van der Waals surface area contributed by atoms with Crippen molar-refractivity contribution in [2.24, 2.45) is 0 Å². The fraction of sp³-hybridized carbons (Fsp3) is 0.576. The van der Waals surface area contributed by atoms with E-state index in [4.69, 9.17) is 24.2 Å². The summed E-state index contributed by atoms with van der Waals surface area (Å²) in [5.41, 5.74) is 5.12. The van der Waals surface area contributed by atoms with Crippen LogP contribution in [0.15, 0.2) is 48.5 Å². The van der Waals surface area contributed by atoms with Gasteiger partial charge in [0, 0.05) is 63.0 Å². The number of nitrogens with zero attached hydrogens (tertiary/aromatic N) is 1. The molecular formula is C33H45N3O8. The summed E-state index contributed by atoms with van der Waals surface area (Å²) in [7, 11) is 0. The lowest BCUT2D eigenvalue weighted by molar-refractivity contribution is -0.255. The van der Waals surface area contributed by atoms with Gasteiger partial charge >= 0.3 is 0 Å². The van der Waals surface area contributed by atoms with Gasteiger partial charge in [0.1, 0.15) is 0 Å². The topological polar surface area (TPSA) is 139 Å². The van der Waals surface area contributed by atoms with Gasteiger partial charge in [0.25, 0.3) is 0 Å². The van der Waals surface area contributed by atoms with Gasteiger partial charge in [0.2, 0.25) is 11.8 Å². The Morgan fingerprint density at radius 3 is 2.11 bits per heavy atom. The molecule has 0 unspecified atom stereocenters. The molecule has 3 fully saturated rings. The highest BCUT2D eigenvalue weighted by Crippen LogP contribution is 2.39.